The zero-order valence-corrected chi connectivity index (χ0v) is 5.34. The maximum Gasteiger partial charge on any atom is 0.330 e. The first-order chi connectivity index (χ1) is 4.09. The van der Waals surface area contributed by atoms with Crippen molar-refractivity contribution < 1.29 is 14.7 Å². The average Bonchev–Trinajstić information content (AvgIpc) is 1.84. The van der Waals surface area contributed by atoms with Crippen molar-refractivity contribution in [3.05, 3.63) is 11.0 Å². The number of hydrogen-bond acceptors (Lipinski definition) is 2. The highest BCUT2D eigenvalue weighted by atomic mass is 16.4. The van der Waals surface area contributed by atoms with Crippen LogP contribution >= 0.6 is 0 Å². The van der Waals surface area contributed by atoms with Gasteiger partial charge >= 0.3 is 5.97 Å². The van der Waals surface area contributed by atoms with E-state index in [9.17, 15) is 9.59 Å². The fraction of sp³-hybridized carbons (Fsp3) is 0.200. The smallest absolute Gasteiger partial charge is 0.330 e. The van der Waals surface area contributed by atoms with Gasteiger partial charge in [-0.2, -0.15) is 0 Å². The minimum Gasteiger partial charge on any atom is -0.478 e. The summed E-state index contributed by atoms with van der Waals surface area (Å²) in [5.74, 6) is -1.04. The van der Waals surface area contributed by atoms with E-state index in [1.54, 1.807) is 0 Å². The molecule has 0 saturated heterocycles. The van der Waals surface area contributed by atoms with Crippen LogP contribution in [0.4, 0.5) is 0 Å². The van der Waals surface area contributed by atoms with Gasteiger partial charge < -0.3 is 5.11 Å². The second kappa shape index (κ2) is 3.07. The number of carbonyl (C=O) groups is 2. The second-order valence-electron chi connectivity index (χ2n) is 1.73. The molecule has 0 aliphatic rings. The van der Waals surface area contributed by atoms with Crippen molar-refractivity contribution in [1.82, 2.24) is 0 Å². The Morgan fingerprint density at radius 1 is 1.67 bits per heavy atom. The molecule has 0 fully saturated rings. The van der Waals surface area contributed by atoms with E-state index in [4.69, 9.17) is 5.11 Å². The van der Waals surface area contributed by atoms with E-state index in [0.717, 1.165) is 0 Å². The fourth-order valence-electron chi connectivity index (χ4n) is 0.257. The second-order valence-corrected chi connectivity index (χ2v) is 1.73. The SMILES string of the molecule is B/C(C=O)=C(/C)C(=O)O. The van der Waals surface area contributed by atoms with Crippen molar-refractivity contribution in [2.24, 2.45) is 0 Å². The molecule has 0 spiro atoms. The van der Waals surface area contributed by atoms with Crippen LogP contribution in [0.1, 0.15) is 6.92 Å². The molecule has 48 valence electrons. The zero-order chi connectivity index (χ0) is 7.44. The molecule has 9 heavy (non-hydrogen) atoms. The van der Waals surface area contributed by atoms with Crippen LogP contribution in [0.2, 0.25) is 0 Å². The van der Waals surface area contributed by atoms with Crippen LogP contribution in [0.15, 0.2) is 11.0 Å². The van der Waals surface area contributed by atoms with Gasteiger partial charge in [-0.25, -0.2) is 4.79 Å². The first kappa shape index (κ1) is 7.94. The van der Waals surface area contributed by atoms with Gasteiger partial charge in [-0.3, -0.25) is 4.79 Å². The number of allylic oxidation sites excluding steroid dienone is 1. The molecular formula is C5H7BO3. The summed E-state index contributed by atoms with van der Waals surface area (Å²) in [6.07, 6.45) is 0.531. The largest absolute Gasteiger partial charge is 0.478 e. The molecule has 0 aromatic carbocycles. The fourth-order valence-corrected chi connectivity index (χ4v) is 0.257. The predicted octanol–water partition coefficient (Wildman–Crippen LogP) is -0.823. The Balaban J connectivity index is 4.47. The van der Waals surface area contributed by atoms with Crippen molar-refractivity contribution in [2.75, 3.05) is 0 Å². The minimum atomic E-state index is -1.04. The van der Waals surface area contributed by atoms with Crippen molar-refractivity contribution in [3.8, 4) is 0 Å². The summed E-state index contributed by atoms with van der Waals surface area (Å²) < 4.78 is 0. The number of rotatable bonds is 2. The van der Waals surface area contributed by atoms with E-state index in [0.29, 0.717) is 6.29 Å². The maximum atomic E-state index is 10.1. The van der Waals surface area contributed by atoms with Gasteiger partial charge in [0.05, 0.1) is 0 Å². The van der Waals surface area contributed by atoms with Crippen LogP contribution < -0.4 is 0 Å². The summed E-state index contributed by atoms with van der Waals surface area (Å²) in [5.41, 5.74) is 0.368. The molecule has 0 saturated carbocycles. The van der Waals surface area contributed by atoms with Gasteiger partial charge in [0.25, 0.3) is 0 Å². The normalized spacial score (nSPS) is 12.1. The van der Waals surface area contributed by atoms with E-state index >= 15 is 0 Å². The molecule has 0 bridgehead atoms. The molecule has 0 unspecified atom stereocenters. The molecular weight excluding hydrogens is 119 g/mol. The molecule has 0 amide bonds. The highest BCUT2D eigenvalue weighted by molar-refractivity contribution is 6.34. The topological polar surface area (TPSA) is 54.4 Å². The van der Waals surface area contributed by atoms with Gasteiger partial charge in [-0.1, -0.05) is 0 Å². The van der Waals surface area contributed by atoms with E-state index < -0.39 is 5.97 Å². The van der Waals surface area contributed by atoms with E-state index in [-0.39, 0.29) is 11.0 Å². The van der Waals surface area contributed by atoms with Gasteiger partial charge in [-0.05, 0) is 12.4 Å². The van der Waals surface area contributed by atoms with Crippen molar-refractivity contribution in [1.29, 1.82) is 0 Å². The van der Waals surface area contributed by atoms with Crippen LogP contribution in [-0.2, 0) is 9.59 Å². The number of aldehydes is 1. The lowest BCUT2D eigenvalue weighted by Gasteiger charge is -1.91. The molecule has 0 aromatic heterocycles. The first-order valence-electron chi connectivity index (χ1n) is 2.45. The number of carbonyl (C=O) groups excluding carboxylic acids is 1. The number of carboxylic acid groups (broad SMARTS) is 1. The maximum absolute atomic E-state index is 10.1. The lowest BCUT2D eigenvalue weighted by atomic mass is 9.92. The molecule has 0 aliphatic heterocycles. The first-order valence-corrected chi connectivity index (χ1v) is 2.45. The number of aliphatic carboxylic acids is 1. The Morgan fingerprint density at radius 2 is 2.11 bits per heavy atom. The molecule has 0 aliphatic carbocycles. The van der Waals surface area contributed by atoms with Gasteiger partial charge in [-0.15, -0.1) is 0 Å². The third-order valence-corrected chi connectivity index (χ3v) is 1.09. The number of carboxylic acids is 1. The molecule has 0 rings (SSSR count). The summed E-state index contributed by atoms with van der Waals surface area (Å²) in [6.45, 7) is 1.39. The third-order valence-electron chi connectivity index (χ3n) is 1.09. The lowest BCUT2D eigenvalue weighted by Crippen LogP contribution is -2.01. The third kappa shape index (κ3) is 2.12. The van der Waals surface area contributed by atoms with Crippen molar-refractivity contribution in [3.63, 3.8) is 0 Å². The van der Waals surface area contributed by atoms with Crippen molar-refractivity contribution in [2.45, 2.75) is 6.92 Å². The van der Waals surface area contributed by atoms with Crippen molar-refractivity contribution >= 4 is 20.1 Å². The van der Waals surface area contributed by atoms with E-state index in [2.05, 4.69) is 0 Å². The molecule has 1 N–H and O–H groups in total. The molecule has 0 radical (unpaired) electrons. The Labute approximate surface area is 53.8 Å². The standard InChI is InChI=1S/C5H7BO3/c1-3(5(8)9)4(6)2-7/h2H,6H2,1H3,(H,8,9)/b4-3-. The molecule has 0 atom stereocenters. The van der Waals surface area contributed by atoms with Gasteiger partial charge in [0, 0.05) is 5.57 Å². The average molecular weight is 126 g/mol. The Morgan fingerprint density at radius 3 is 2.22 bits per heavy atom. The van der Waals surface area contributed by atoms with Gasteiger partial charge in [0.1, 0.15) is 14.1 Å². The summed E-state index contributed by atoms with van der Waals surface area (Å²) in [7, 11) is 1.47. The molecule has 4 heteroatoms. The Kier molecular flexibility index (Phi) is 2.71. The van der Waals surface area contributed by atoms with Crippen LogP contribution in [0.25, 0.3) is 0 Å². The van der Waals surface area contributed by atoms with Crippen LogP contribution in [-0.4, -0.2) is 25.2 Å². The quantitative estimate of drug-likeness (QED) is 0.298. The van der Waals surface area contributed by atoms with Gasteiger partial charge in [0.2, 0.25) is 0 Å². The molecule has 0 heterocycles. The lowest BCUT2D eigenvalue weighted by molar-refractivity contribution is -0.132. The van der Waals surface area contributed by atoms with Crippen LogP contribution in [0.5, 0.6) is 0 Å². The Bertz CT molecular complexity index is 171. The summed E-state index contributed by atoms with van der Waals surface area (Å²) in [5, 5.41) is 8.27. The minimum absolute atomic E-state index is 0.102. The zero-order valence-electron chi connectivity index (χ0n) is 5.34. The van der Waals surface area contributed by atoms with E-state index in [1.807, 2.05) is 0 Å². The summed E-state index contributed by atoms with van der Waals surface area (Å²) >= 11 is 0. The highest BCUT2D eigenvalue weighted by Gasteiger charge is 2.02. The Hall–Kier alpha value is -1.06. The molecule has 3 nitrogen and oxygen atoms in total. The summed E-state index contributed by atoms with van der Waals surface area (Å²) in [6, 6.07) is 0. The highest BCUT2D eigenvalue weighted by Crippen LogP contribution is 1.95. The van der Waals surface area contributed by atoms with Crippen LogP contribution in [0, 0.1) is 0 Å². The predicted molar refractivity (Wildman–Crippen MR) is 34.9 cm³/mol. The van der Waals surface area contributed by atoms with E-state index in [1.165, 1.54) is 14.8 Å². The van der Waals surface area contributed by atoms with Crippen LogP contribution in [0.3, 0.4) is 0 Å². The molecule has 0 aromatic rings. The van der Waals surface area contributed by atoms with Gasteiger partial charge in [0.15, 0.2) is 0 Å². The monoisotopic (exact) mass is 126 g/mol. The summed E-state index contributed by atoms with van der Waals surface area (Å²) in [4.78, 5) is 20.0. The number of hydrogen-bond donors (Lipinski definition) is 1.